The molecule has 100 valence electrons. The van der Waals surface area contributed by atoms with E-state index in [9.17, 15) is 9.18 Å². The van der Waals surface area contributed by atoms with Crippen molar-refractivity contribution in [1.82, 2.24) is 5.16 Å². The van der Waals surface area contributed by atoms with Crippen molar-refractivity contribution in [3.8, 4) is 11.3 Å². The summed E-state index contributed by atoms with van der Waals surface area (Å²) >= 11 is 1.54. The molecule has 0 saturated carbocycles. The van der Waals surface area contributed by atoms with Crippen molar-refractivity contribution >= 4 is 23.1 Å². The topological polar surface area (TPSA) is 55.1 Å². The van der Waals surface area contributed by atoms with Crippen LogP contribution in [0.3, 0.4) is 0 Å². The Kier molecular flexibility index (Phi) is 3.30. The average Bonchev–Trinajstić information content (AvgIpc) is 3.09. The lowest BCUT2D eigenvalue weighted by Gasteiger charge is -2.01. The summed E-state index contributed by atoms with van der Waals surface area (Å²) in [5, 5.41) is 10.2. The lowest BCUT2D eigenvalue weighted by Crippen LogP contribution is -2.13. The van der Waals surface area contributed by atoms with Crippen LogP contribution in [0.5, 0.6) is 0 Å². The molecule has 0 saturated heterocycles. The number of aromatic nitrogens is 1. The van der Waals surface area contributed by atoms with Crippen LogP contribution in [0.4, 0.5) is 10.3 Å². The molecule has 20 heavy (non-hydrogen) atoms. The van der Waals surface area contributed by atoms with Gasteiger partial charge in [-0.15, -0.1) is 0 Å². The number of thiophene rings is 1. The van der Waals surface area contributed by atoms with Crippen LogP contribution in [0.15, 0.2) is 51.7 Å². The number of rotatable bonds is 3. The first-order valence-electron chi connectivity index (χ1n) is 5.79. The van der Waals surface area contributed by atoms with Gasteiger partial charge in [-0.2, -0.15) is 11.3 Å². The van der Waals surface area contributed by atoms with Crippen LogP contribution >= 0.6 is 11.3 Å². The molecule has 1 aromatic carbocycles. The smallest absolute Gasteiger partial charge is 0.261 e. The van der Waals surface area contributed by atoms with Crippen molar-refractivity contribution < 1.29 is 13.7 Å². The van der Waals surface area contributed by atoms with Crippen LogP contribution in [0, 0.1) is 5.82 Å². The Bertz CT molecular complexity index is 737. The number of nitrogens with zero attached hydrogens (tertiary/aromatic N) is 1. The molecule has 0 atom stereocenters. The highest BCUT2D eigenvalue weighted by atomic mass is 32.1. The maximum atomic E-state index is 13.5. The molecule has 3 rings (SSSR count). The van der Waals surface area contributed by atoms with Gasteiger partial charge in [0.25, 0.3) is 5.91 Å². The van der Waals surface area contributed by atoms with Crippen LogP contribution in [0.1, 0.15) is 10.4 Å². The van der Waals surface area contributed by atoms with E-state index in [-0.39, 0.29) is 11.4 Å². The number of nitrogens with one attached hydrogen (secondary N) is 1. The Morgan fingerprint density at radius 2 is 2.15 bits per heavy atom. The van der Waals surface area contributed by atoms with Gasteiger partial charge in [0.2, 0.25) is 5.88 Å². The lowest BCUT2D eigenvalue weighted by atomic mass is 10.2. The Hall–Kier alpha value is -2.47. The van der Waals surface area contributed by atoms with Gasteiger partial charge in [-0.25, -0.2) is 4.39 Å². The van der Waals surface area contributed by atoms with Gasteiger partial charge in [0.15, 0.2) is 0 Å². The van der Waals surface area contributed by atoms with Crippen LogP contribution in [-0.2, 0) is 0 Å². The average molecular weight is 288 g/mol. The number of carbonyl (C=O) groups excluding carboxylic acids is 1. The van der Waals surface area contributed by atoms with E-state index in [1.165, 1.54) is 29.5 Å². The lowest BCUT2D eigenvalue weighted by molar-refractivity contribution is 0.102. The zero-order valence-corrected chi connectivity index (χ0v) is 11.0. The fourth-order valence-corrected chi connectivity index (χ4v) is 2.35. The minimum Gasteiger partial charge on any atom is -0.338 e. The Morgan fingerprint density at radius 3 is 2.90 bits per heavy atom. The number of hydrogen-bond acceptors (Lipinski definition) is 4. The predicted molar refractivity (Wildman–Crippen MR) is 74.2 cm³/mol. The van der Waals surface area contributed by atoms with Crippen molar-refractivity contribution in [3.05, 3.63) is 58.5 Å². The Labute approximate surface area is 117 Å². The molecule has 4 nitrogen and oxygen atoms in total. The minimum absolute atomic E-state index is 0.0408. The van der Waals surface area contributed by atoms with Gasteiger partial charge in [-0.1, -0.05) is 17.3 Å². The number of amides is 1. The molecule has 1 N–H and O–H groups in total. The zero-order chi connectivity index (χ0) is 13.9. The van der Waals surface area contributed by atoms with Crippen molar-refractivity contribution in [1.29, 1.82) is 0 Å². The Morgan fingerprint density at radius 1 is 1.30 bits per heavy atom. The molecular formula is C14H9FN2O2S. The summed E-state index contributed by atoms with van der Waals surface area (Å²) in [6.45, 7) is 0. The van der Waals surface area contributed by atoms with E-state index in [0.29, 0.717) is 5.69 Å². The molecule has 6 heteroatoms. The molecule has 0 spiro atoms. The highest BCUT2D eigenvalue weighted by Crippen LogP contribution is 2.24. The molecular weight excluding hydrogens is 279 g/mol. The summed E-state index contributed by atoms with van der Waals surface area (Å²) in [4.78, 5) is 11.9. The molecule has 3 aromatic rings. The number of anilines is 1. The molecule has 0 aliphatic carbocycles. The SMILES string of the molecule is O=C(Nc1cc(-c2ccsc2)no1)c1ccccc1F. The number of halogens is 1. The van der Waals surface area contributed by atoms with Gasteiger partial charge in [0, 0.05) is 17.0 Å². The first-order chi connectivity index (χ1) is 9.74. The van der Waals surface area contributed by atoms with Crippen LogP contribution in [0.2, 0.25) is 0 Å². The summed E-state index contributed by atoms with van der Waals surface area (Å²) in [7, 11) is 0. The largest absolute Gasteiger partial charge is 0.338 e. The van der Waals surface area contributed by atoms with Gasteiger partial charge < -0.3 is 4.52 Å². The van der Waals surface area contributed by atoms with E-state index in [2.05, 4.69) is 10.5 Å². The molecule has 0 fully saturated rings. The third-order valence-electron chi connectivity index (χ3n) is 2.68. The molecule has 0 radical (unpaired) electrons. The molecule has 0 unspecified atom stereocenters. The van der Waals surface area contributed by atoms with Gasteiger partial charge in [-0.05, 0) is 23.6 Å². The van der Waals surface area contributed by atoms with Crippen LogP contribution in [0.25, 0.3) is 11.3 Å². The monoisotopic (exact) mass is 288 g/mol. The minimum atomic E-state index is -0.581. The molecule has 0 aliphatic heterocycles. The first kappa shape index (κ1) is 12.6. The molecule has 0 bridgehead atoms. The van der Waals surface area contributed by atoms with Crippen molar-refractivity contribution in [2.45, 2.75) is 0 Å². The van der Waals surface area contributed by atoms with E-state index in [1.54, 1.807) is 12.1 Å². The fraction of sp³-hybridized carbons (Fsp3) is 0. The van der Waals surface area contributed by atoms with Crippen molar-refractivity contribution in [3.63, 3.8) is 0 Å². The summed E-state index contributed by atoms with van der Waals surface area (Å²) < 4.78 is 18.5. The Balaban J connectivity index is 1.79. The van der Waals surface area contributed by atoms with Gasteiger partial charge in [0.1, 0.15) is 11.5 Å². The van der Waals surface area contributed by atoms with Crippen LogP contribution < -0.4 is 5.32 Å². The summed E-state index contributed by atoms with van der Waals surface area (Å²) in [5.41, 5.74) is 1.49. The third-order valence-corrected chi connectivity index (χ3v) is 3.37. The van der Waals surface area contributed by atoms with E-state index in [4.69, 9.17) is 4.52 Å². The normalized spacial score (nSPS) is 10.4. The molecule has 2 aromatic heterocycles. The van der Waals surface area contributed by atoms with E-state index in [0.717, 1.165) is 5.56 Å². The van der Waals surface area contributed by atoms with Gasteiger partial charge in [0.05, 0.1) is 5.56 Å². The fourth-order valence-electron chi connectivity index (χ4n) is 1.70. The number of benzene rings is 1. The highest BCUT2D eigenvalue weighted by Gasteiger charge is 2.14. The van der Waals surface area contributed by atoms with Crippen molar-refractivity contribution in [2.75, 3.05) is 5.32 Å². The molecule has 1 amide bonds. The zero-order valence-electron chi connectivity index (χ0n) is 10.2. The second kappa shape index (κ2) is 5.26. The number of carbonyl (C=O) groups is 1. The maximum absolute atomic E-state index is 13.5. The summed E-state index contributed by atoms with van der Waals surface area (Å²) in [5.74, 6) is -0.974. The summed E-state index contributed by atoms with van der Waals surface area (Å²) in [6, 6.07) is 9.24. The predicted octanol–water partition coefficient (Wildman–Crippen LogP) is 3.79. The highest BCUT2D eigenvalue weighted by molar-refractivity contribution is 7.08. The second-order valence-electron chi connectivity index (χ2n) is 4.02. The van der Waals surface area contributed by atoms with Crippen LogP contribution in [-0.4, -0.2) is 11.1 Å². The first-order valence-corrected chi connectivity index (χ1v) is 6.73. The molecule has 2 heterocycles. The second-order valence-corrected chi connectivity index (χ2v) is 4.80. The number of hydrogen-bond donors (Lipinski definition) is 1. The van der Waals surface area contributed by atoms with E-state index < -0.39 is 11.7 Å². The van der Waals surface area contributed by atoms with E-state index >= 15 is 0 Å². The van der Waals surface area contributed by atoms with Gasteiger partial charge >= 0.3 is 0 Å². The standard InChI is InChI=1S/C14H9FN2O2S/c15-11-4-2-1-3-10(11)14(18)16-13-7-12(17-19-13)9-5-6-20-8-9/h1-8H,(H,16,18). The third kappa shape index (κ3) is 2.46. The quantitative estimate of drug-likeness (QED) is 0.797. The van der Waals surface area contributed by atoms with Crippen molar-refractivity contribution in [2.24, 2.45) is 0 Å². The van der Waals surface area contributed by atoms with Gasteiger partial charge in [-0.3, -0.25) is 10.1 Å². The maximum Gasteiger partial charge on any atom is 0.261 e. The molecule has 0 aliphatic rings. The summed E-state index contributed by atoms with van der Waals surface area (Å²) in [6.07, 6.45) is 0. The van der Waals surface area contributed by atoms with E-state index in [1.807, 2.05) is 16.8 Å².